The summed E-state index contributed by atoms with van der Waals surface area (Å²) >= 11 is 0. The second kappa shape index (κ2) is 6.01. The molecule has 0 bridgehead atoms. The van der Waals surface area contributed by atoms with Gasteiger partial charge in [-0.1, -0.05) is 29.8 Å². The van der Waals surface area contributed by atoms with Crippen LogP contribution in [0.2, 0.25) is 0 Å². The molecule has 1 unspecified atom stereocenters. The lowest BCUT2D eigenvalue weighted by Gasteiger charge is -2.22. The molecule has 1 fully saturated rings. The fraction of sp³-hybridized carbons (Fsp3) is 0.533. The van der Waals surface area contributed by atoms with E-state index < -0.39 is 0 Å². The van der Waals surface area contributed by atoms with Crippen LogP contribution in [0.25, 0.3) is 0 Å². The third-order valence-corrected chi connectivity index (χ3v) is 3.39. The average molecular weight is 247 g/mol. The van der Waals surface area contributed by atoms with E-state index in [0.29, 0.717) is 6.61 Å². The molecule has 1 aliphatic heterocycles. The highest BCUT2D eigenvalue weighted by molar-refractivity contribution is 5.76. The van der Waals surface area contributed by atoms with Crippen molar-refractivity contribution in [2.45, 2.75) is 39.3 Å². The molecule has 0 saturated carbocycles. The SMILES string of the molecule is CCOC(=O)C1CCCN1Cc1cccc(C)c1. The van der Waals surface area contributed by atoms with E-state index in [1.54, 1.807) is 0 Å². The van der Waals surface area contributed by atoms with Gasteiger partial charge in [0.05, 0.1) is 6.61 Å². The largest absolute Gasteiger partial charge is 0.465 e. The Morgan fingerprint density at radius 1 is 1.50 bits per heavy atom. The second-order valence-corrected chi connectivity index (χ2v) is 4.87. The van der Waals surface area contributed by atoms with Crippen molar-refractivity contribution in [1.29, 1.82) is 0 Å². The van der Waals surface area contributed by atoms with Crippen molar-refractivity contribution < 1.29 is 9.53 Å². The summed E-state index contributed by atoms with van der Waals surface area (Å²) in [6, 6.07) is 8.41. The summed E-state index contributed by atoms with van der Waals surface area (Å²) in [6.07, 6.45) is 2.00. The van der Waals surface area contributed by atoms with Crippen LogP contribution in [-0.4, -0.2) is 30.1 Å². The van der Waals surface area contributed by atoms with Gasteiger partial charge in [0.1, 0.15) is 6.04 Å². The molecule has 3 heteroatoms. The van der Waals surface area contributed by atoms with E-state index in [4.69, 9.17) is 4.74 Å². The normalized spacial score (nSPS) is 20.0. The topological polar surface area (TPSA) is 29.5 Å². The molecule has 2 rings (SSSR count). The number of carbonyl (C=O) groups excluding carboxylic acids is 1. The number of esters is 1. The van der Waals surface area contributed by atoms with E-state index in [-0.39, 0.29) is 12.0 Å². The minimum Gasteiger partial charge on any atom is -0.465 e. The van der Waals surface area contributed by atoms with E-state index in [2.05, 4.69) is 36.1 Å². The molecule has 0 aliphatic carbocycles. The maximum absolute atomic E-state index is 11.8. The van der Waals surface area contributed by atoms with E-state index >= 15 is 0 Å². The van der Waals surface area contributed by atoms with Crippen LogP contribution in [0.4, 0.5) is 0 Å². The number of ether oxygens (including phenoxy) is 1. The van der Waals surface area contributed by atoms with Crippen LogP contribution in [0.3, 0.4) is 0 Å². The first-order chi connectivity index (χ1) is 8.70. The Kier molecular flexibility index (Phi) is 4.37. The Morgan fingerprint density at radius 3 is 3.06 bits per heavy atom. The smallest absolute Gasteiger partial charge is 0.323 e. The summed E-state index contributed by atoms with van der Waals surface area (Å²) < 4.78 is 5.14. The predicted octanol–water partition coefficient (Wildman–Crippen LogP) is 2.52. The van der Waals surface area contributed by atoms with Gasteiger partial charge in [-0.3, -0.25) is 9.69 Å². The molecule has 3 nitrogen and oxygen atoms in total. The number of aryl methyl sites for hydroxylation is 1. The molecule has 1 aromatic rings. The molecular weight excluding hydrogens is 226 g/mol. The van der Waals surface area contributed by atoms with Crippen molar-refractivity contribution in [3.8, 4) is 0 Å². The van der Waals surface area contributed by atoms with Gasteiger partial charge in [0.25, 0.3) is 0 Å². The summed E-state index contributed by atoms with van der Waals surface area (Å²) in [7, 11) is 0. The number of hydrogen-bond acceptors (Lipinski definition) is 3. The fourth-order valence-corrected chi connectivity index (χ4v) is 2.57. The van der Waals surface area contributed by atoms with Gasteiger partial charge in [-0.25, -0.2) is 0 Å². The Bertz CT molecular complexity index is 417. The second-order valence-electron chi connectivity index (χ2n) is 4.87. The summed E-state index contributed by atoms with van der Waals surface area (Å²) in [5.74, 6) is -0.0670. The van der Waals surface area contributed by atoms with Crippen LogP contribution in [0.1, 0.15) is 30.9 Å². The molecule has 1 saturated heterocycles. The Hall–Kier alpha value is -1.35. The molecule has 0 radical (unpaired) electrons. The van der Waals surface area contributed by atoms with E-state index in [1.165, 1.54) is 11.1 Å². The van der Waals surface area contributed by atoms with Crippen LogP contribution < -0.4 is 0 Å². The quantitative estimate of drug-likeness (QED) is 0.766. The highest BCUT2D eigenvalue weighted by Gasteiger charge is 2.31. The first-order valence-corrected chi connectivity index (χ1v) is 6.67. The van der Waals surface area contributed by atoms with Gasteiger partial charge in [0, 0.05) is 6.54 Å². The molecule has 1 heterocycles. The molecule has 1 aromatic carbocycles. The van der Waals surface area contributed by atoms with E-state index in [0.717, 1.165) is 25.9 Å². The zero-order chi connectivity index (χ0) is 13.0. The number of carbonyl (C=O) groups is 1. The third-order valence-electron chi connectivity index (χ3n) is 3.39. The maximum atomic E-state index is 11.8. The fourth-order valence-electron chi connectivity index (χ4n) is 2.57. The number of hydrogen-bond donors (Lipinski definition) is 0. The van der Waals surface area contributed by atoms with Gasteiger partial charge < -0.3 is 4.74 Å². The standard InChI is InChI=1S/C15H21NO2/c1-3-18-15(17)14-8-5-9-16(14)11-13-7-4-6-12(2)10-13/h4,6-7,10,14H,3,5,8-9,11H2,1-2H3. The number of rotatable bonds is 4. The minimum atomic E-state index is -0.0670. The molecule has 98 valence electrons. The highest BCUT2D eigenvalue weighted by Crippen LogP contribution is 2.21. The zero-order valence-corrected chi connectivity index (χ0v) is 11.2. The van der Waals surface area contributed by atoms with Crippen molar-refractivity contribution in [2.24, 2.45) is 0 Å². The van der Waals surface area contributed by atoms with Crippen LogP contribution in [0, 0.1) is 6.92 Å². The summed E-state index contributed by atoms with van der Waals surface area (Å²) in [5, 5.41) is 0. The van der Waals surface area contributed by atoms with Crippen LogP contribution in [0.5, 0.6) is 0 Å². The first-order valence-electron chi connectivity index (χ1n) is 6.67. The highest BCUT2D eigenvalue weighted by atomic mass is 16.5. The average Bonchev–Trinajstić information content (AvgIpc) is 2.77. The van der Waals surface area contributed by atoms with Crippen molar-refractivity contribution >= 4 is 5.97 Å². The Labute approximate surface area is 109 Å². The number of benzene rings is 1. The van der Waals surface area contributed by atoms with Gasteiger partial charge >= 0.3 is 5.97 Å². The van der Waals surface area contributed by atoms with Crippen LogP contribution in [-0.2, 0) is 16.1 Å². The van der Waals surface area contributed by atoms with Gasteiger partial charge in [0.15, 0.2) is 0 Å². The van der Waals surface area contributed by atoms with Crippen molar-refractivity contribution in [3.63, 3.8) is 0 Å². The monoisotopic (exact) mass is 247 g/mol. The Balaban J connectivity index is 2.01. The molecule has 1 atom stereocenters. The van der Waals surface area contributed by atoms with Crippen molar-refractivity contribution in [3.05, 3.63) is 35.4 Å². The van der Waals surface area contributed by atoms with Gasteiger partial charge in [-0.05, 0) is 38.8 Å². The minimum absolute atomic E-state index is 0.0505. The molecule has 0 amide bonds. The summed E-state index contributed by atoms with van der Waals surface area (Å²) in [5.41, 5.74) is 2.53. The van der Waals surface area contributed by atoms with E-state index in [9.17, 15) is 4.79 Å². The lowest BCUT2D eigenvalue weighted by Crippen LogP contribution is -2.36. The van der Waals surface area contributed by atoms with Gasteiger partial charge in [0.2, 0.25) is 0 Å². The molecule has 0 N–H and O–H groups in total. The third kappa shape index (κ3) is 3.10. The first kappa shape index (κ1) is 13.1. The molecular formula is C15H21NO2. The van der Waals surface area contributed by atoms with Crippen molar-refractivity contribution in [1.82, 2.24) is 4.90 Å². The van der Waals surface area contributed by atoms with E-state index in [1.807, 2.05) is 6.92 Å². The van der Waals surface area contributed by atoms with Crippen LogP contribution in [0.15, 0.2) is 24.3 Å². The maximum Gasteiger partial charge on any atom is 0.323 e. The van der Waals surface area contributed by atoms with Gasteiger partial charge in [-0.2, -0.15) is 0 Å². The predicted molar refractivity (Wildman–Crippen MR) is 71.2 cm³/mol. The van der Waals surface area contributed by atoms with Crippen LogP contribution >= 0.6 is 0 Å². The molecule has 0 spiro atoms. The zero-order valence-electron chi connectivity index (χ0n) is 11.2. The summed E-state index contributed by atoms with van der Waals surface area (Å²) in [6.45, 7) is 6.24. The Morgan fingerprint density at radius 2 is 2.33 bits per heavy atom. The lowest BCUT2D eigenvalue weighted by atomic mass is 10.1. The number of nitrogens with zero attached hydrogens (tertiary/aromatic N) is 1. The molecule has 0 aromatic heterocycles. The van der Waals surface area contributed by atoms with Gasteiger partial charge in [-0.15, -0.1) is 0 Å². The lowest BCUT2D eigenvalue weighted by molar-refractivity contribution is -0.148. The van der Waals surface area contributed by atoms with Crippen molar-refractivity contribution in [2.75, 3.05) is 13.2 Å². The summed E-state index contributed by atoms with van der Waals surface area (Å²) in [4.78, 5) is 14.1. The molecule has 1 aliphatic rings. The number of likely N-dealkylation sites (tertiary alicyclic amines) is 1. The molecule has 18 heavy (non-hydrogen) atoms.